The van der Waals surface area contributed by atoms with Crippen molar-refractivity contribution in [2.45, 2.75) is 13.8 Å². The van der Waals surface area contributed by atoms with Crippen LogP contribution < -0.4 is 0 Å². The summed E-state index contributed by atoms with van der Waals surface area (Å²) >= 11 is 0. The molecule has 0 rings (SSSR count). The van der Waals surface area contributed by atoms with E-state index >= 15 is 0 Å². The number of hydrogen-bond donors (Lipinski definition) is 0. The molecule has 0 saturated carbocycles. The number of rotatable bonds is 0. The second-order valence-corrected chi connectivity index (χ2v) is 1.09. The van der Waals surface area contributed by atoms with Gasteiger partial charge in [-0.25, -0.2) is 0 Å². The Morgan fingerprint density at radius 1 is 1.12 bits per heavy atom. The van der Waals surface area contributed by atoms with E-state index < -0.39 is 11.9 Å². The van der Waals surface area contributed by atoms with E-state index in [9.17, 15) is 9.59 Å². The Morgan fingerprint density at radius 3 is 1.38 bits per heavy atom. The van der Waals surface area contributed by atoms with Crippen molar-refractivity contribution in [3.05, 3.63) is 0 Å². The molecule has 0 aliphatic heterocycles. The van der Waals surface area contributed by atoms with E-state index in [2.05, 4.69) is 4.74 Å². The number of ether oxygens (including phenoxy) is 1. The average Bonchev–Trinajstić information content (AvgIpc) is 1.27. The average molecular weight is 142 g/mol. The van der Waals surface area contributed by atoms with Crippen LogP contribution in [0.1, 0.15) is 13.8 Å². The van der Waals surface area contributed by atoms with Crippen LogP contribution in [0.15, 0.2) is 0 Å². The summed E-state index contributed by atoms with van der Waals surface area (Å²) in [6.45, 7) is 2.36. The van der Waals surface area contributed by atoms with Crippen LogP contribution >= 0.6 is 0 Å². The second kappa shape index (κ2) is 5.53. The normalized spacial score (nSPS) is 6.75. The first-order valence-electron chi connectivity index (χ1n) is 1.82. The van der Waals surface area contributed by atoms with E-state index in [0.717, 1.165) is 0 Å². The van der Waals surface area contributed by atoms with Gasteiger partial charge in [0.05, 0.1) is 0 Å². The fourth-order valence-electron chi connectivity index (χ4n) is 0.202. The Bertz CT molecular complexity index is 87.5. The number of hydrogen-bond acceptors (Lipinski definition) is 3. The maximum absolute atomic E-state index is 9.81. The maximum Gasteiger partial charge on any atom is 0.310 e. The molecule has 0 N–H and O–H groups in total. The van der Waals surface area contributed by atoms with Gasteiger partial charge in [-0.05, 0) is 0 Å². The zero-order valence-electron chi connectivity index (χ0n) is 4.58. The van der Waals surface area contributed by atoms with E-state index in [4.69, 9.17) is 0 Å². The van der Waals surface area contributed by atoms with Gasteiger partial charge in [-0.3, -0.25) is 9.59 Å². The Morgan fingerprint density at radius 2 is 1.38 bits per heavy atom. The fraction of sp³-hybridized carbons (Fsp3) is 0.500. The Balaban J connectivity index is 0. The van der Waals surface area contributed by atoms with Gasteiger partial charge in [0, 0.05) is 51.6 Å². The van der Waals surface area contributed by atoms with Gasteiger partial charge in [0.2, 0.25) is 0 Å². The largest absolute Gasteiger partial charge is 0.394 e. The molecule has 3 nitrogen and oxygen atoms in total. The number of esters is 2. The summed E-state index contributed by atoms with van der Waals surface area (Å²) in [5.41, 5.74) is 0. The van der Waals surface area contributed by atoms with E-state index in [0.29, 0.717) is 0 Å². The first kappa shape index (κ1) is 11.2. The van der Waals surface area contributed by atoms with E-state index in [1.807, 2.05) is 0 Å². The summed E-state index contributed by atoms with van der Waals surface area (Å²) in [5, 5.41) is 0. The molecule has 0 heterocycles. The van der Waals surface area contributed by atoms with Crippen LogP contribution in [0.25, 0.3) is 0 Å². The van der Waals surface area contributed by atoms with Crippen molar-refractivity contribution >= 4 is 11.9 Å². The number of carbonyl (C=O) groups excluding carboxylic acids is 2. The topological polar surface area (TPSA) is 43.4 Å². The van der Waals surface area contributed by atoms with Gasteiger partial charge in [0.15, 0.2) is 0 Å². The van der Waals surface area contributed by atoms with Crippen molar-refractivity contribution in [2.75, 3.05) is 0 Å². The molecule has 0 aromatic heterocycles. The monoisotopic (exact) mass is 142 g/mol. The molecule has 8 heavy (non-hydrogen) atoms. The molecule has 0 aromatic carbocycles. The molecule has 0 atom stereocenters. The molecule has 0 amide bonds. The molecule has 0 unspecified atom stereocenters. The van der Waals surface area contributed by atoms with Gasteiger partial charge >= 0.3 is 11.9 Å². The van der Waals surface area contributed by atoms with Crippen LogP contribution in [0.2, 0.25) is 0 Å². The Hall–Kier alpha value is 0.400. The van der Waals surface area contributed by atoms with Crippen molar-refractivity contribution in [3.63, 3.8) is 0 Å². The van der Waals surface area contributed by atoms with E-state index in [1.165, 1.54) is 13.8 Å². The molecule has 0 aliphatic rings. The van der Waals surface area contributed by atoms with Gasteiger partial charge in [-0.1, -0.05) is 0 Å². The molecular weight excluding hydrogens is 136 g/mol. The predicted molar refractivity (Wildman–Crippen MR) is 22.4 cm³/mol. The summed E-state index contributed by atoms with van der Waals surface area (Å²) in [6, 6.07) is 0. The van der Waals surface area contributed by atoms with Crippen molar-refractivity contribution in [1.29, 1.82) is 0 Å². The smallest absolute Gasteiger partial charge is 0.310 e. The standard InChI is InChI=1S/C4H6O3.Ar/c1-3(5)7-4(2)6;/h1-2H3;. The summed E-state index contributed by atoms with van der Waals surface area (Å²) in [5.74, 6) is -1.12. The predicted octanol–water partition coefficient (Wildman–Crippen LogP) is 0.0960. The van der Waals surface area contributed by atoms with Crippen LogP contribution in [-0.2, 0) is 14.3 Å². The molecule has 0 radical (unpaired) electrons. The second-order valence-electron chi connectivity index (χ2n) is 1.09. The van der Waals surface area contributed by atoms with Gasteiger partial charge in [0.1, 0.15) is 0 Å². The van der Waals surface area contributed by atoms with Crippen LogP contribution in [-0.4, -0.2) is 11.9 Å². The van der Waals surface area contributed by atoms with Crippen LogP contribution in [0.5, 0.6) is 0 Å². The molecule has 0 bridgehead atoms. The third-order valence-electron chi connectivity index (χ3n) is 0.287. The van der Waals surface area contributed by atoms with Crippen molar-refractivity contribution in [1.82, 2.24) is 0 Å². The minimum absolute atomic E-state index is 0. The van der Waals surface area contributed by atoms with Crippen molar-refractivity contribution < 1.29 is 52.1 Å². The van der Waals surface area contributed by atoms with E-state index in [1.54, 1.807) is 0 Å². The molecule has 0 spiro atoms. The number of carbonyl (C=O) groups is 2. The molecule has 0 saturated heterocycles. The minimum atomic E-state index is -0.562. The van der Waals surface area contributed by atoms with Gasteiger partial charge in [-0.15, -0.1) is 0 Å². The summed E-state index contributed by atoms with van der Waals surface area (Å²) in [4.78, 5) is 19.6. The molecule has 48 valence electrons. The van der Waals surface area contributed by atoms with Crippen molar-refractivity contribution in [3.8, 4) is 0 Å². The van der Waals surface area contributed by atoms with Crippen LogP contribution in [0.4, 0.5) is 0 Å². The SMILES string of the molecule is CC(=O)OC(C)=O.[Ar]. The minimum Gasteiger partial charge on any atom is -0.394 e. The first-order chi connectivity index (χ1) is 3.13. The molecule has 0 fully saturated rings. The third-order valence-corrected chi connectivity index (χ3v) is 0.287. The fourth-order valence-corrected chi connectivity index (χ4v) is 0.202. The van der Waals surface area contributed by atoms with Crippen molar-refractivity contribution in [2.24, 2.45) is 0 Å². The zero-order valence-corrected chi connectivity index (χ0v) is 5.29. The van der Waals surface area contributed by atoms with Gasteiger partial charge < -0.3 is 4.74 Å². The molecule has 0 aromatic rings. The van der Waals surface area contributed by atoms with Gasteiger partial charge in [-0.2, -0.15) is 0 Å². The summed E-state index contributed by atoms with van der Waals surface area (Å²) in [6.07, 6.45) is 0. The third kappa shape index (κ3) is 9.64. The first-order valence-corrected chi connectivity index (χ1v) is 1.82. The van der Waals surface area contributed by atoms with Crippen LogP contribution in [0, 0.1) is 37.7 Å². The Kier molecular flexibility index (Phi) is 7.77. The summed E-state index contributed by atoms with van der Waals surface area (Å²) in [7, 11) is 0. The molecule has 0 aliphatic carbocycles. The zero-order chi connectivity index (χ0) is 5.86. The van der Waals surface area contributed by atoms with Crippen LogP contribution in [0.3, 0.4) is 0 Å². The molecule has 4 heteroatoms. The molecular formula is C4H6ArO3. The van der Waals surface area contributed by atoms with Gasteiger partial charge in [0.25, 0.3) is 0 Å². The Labute approximate surface area is 77.4 Å². The maximum atomic E-state index is 9.81. The quantitative estimate of drug-likeness (QED) is 0.355. The van der Waals surface area contributed by atoms with E-state index in [-0.39, 0.29) is 37.7 Å². The summed E-state index contributed by atoms with van der Waals surface area (Å²) < 4.78 is 3.97.